The molecular formula is C31H39F5O2S. The van der Waals surface area contributed by atoms with Gasteiger partial charge in [0.05, 0.1) is 13.2 Å². The van der Waals surface area contributed by atoms with E-state index in [0.29, 0.717) is 32.0 Å². The fraction of sp³-hybridized carbons (Fsp3) is 0.742. The van der Waals surface area contributed by atoms with Gasteiger partial charge >= 0.3 is 12.1 Å². The van der Waals surface area contributed by atoms with Crippen LogP contribution in [-0.4, -0.2) is 37.4 Å². The highest BCUT2D eigenvalue weighted by molar-refractivity contribution is 7.98. The van der Waals surface area contributed by atoms with Gasteiger partial charge in [-0.1, -0.05) is 37.1 Å². The first-order valence-electron chi connectivity index (χ1n) is 14.4. The lowest BCUT2D eigenvalue weighted by atomic mass is 9.55. The molecule has 0 amide bonds. The predicted octanol–water partition coefficient (Wildman–Crippen LogP) is 9.01. The molecule has 1 spiro atoms. The predicted molar refractivity (Wildman–Crippen MR) is 142 cm³/mol. The summed E-state index contributed by atoms with van der Waals surface area (Å²) in [5.41, 5.74) is 3.81. The maximum Gasteiger partial charge on any atom is 0.453 e. The number of rotatable bonds is 3. The highest BCUT2D eigenvalue weighted by Crippen LogP contribution is 2.64. The van der Waals surface area contributed by atoms with Crippen molar-refractivity contribution >= 4 is 11.8 Å². The molecule has 2 nitrogen and oxygen atoms in total. The topological polar surface area (TPSA) is 18.5 Å². The molecule has 0 radical (unpaired) electrons. The van der Waals surface area contributed by atoms with Crippen molar-refractivity contribution in [3.05, 3.63) is 41.0 Å². The van der Waals surface area contributed by atoms with Crippen LogP contribution in [0, 0.1) is 35.0 Å². The zero-order chi connectivity index (χ0) is 27.8. The number of alkyl halides is 5. The van der Waals surface area contributed by atoms with Gasteiger partial charge < -0.3 is 9.47 Å². The summed E-state index contributed by atoms with van der Waals surface area (Å²) in [5, 5.41) is 0. The van der Waals surface area contributed by atoms with E-state index in [1.807, 2.05) is 18.4 Å². The van der Waals surface area contributed by atoms with Crippen molar-refractivity contribution in [1.29, 1.82) is 0 Å². The Morgan fingerprint density at radius 3 is 2.23 bits per heavy atom. The second kappa shape index (κ2) is 9.72. The third-order valence-corrected chi connectivity index (χ3v) is 11.3. The fourth-order valence-electron chi connectivity index (χ4n) is 8.64. The largest absolute Gasteiger partial charge is 0.453 e. The Balaban J connectivity index is 1.36. The summed E-state index contributed by atoms with van der Waals surface area (Å²) in [6.45, 7) is 5.61. The first-order chi connectivity index (χ1) is 18.3. The van der Waals surface area contributed by atoms with Crippen LogP contribution in [0.1, 0.15) is 76.7 Å². The summed E-state index contributed by atoms with van der Waals surface area (Å²) in [6, 6.07) is 8.22. The molecule has 1 aromatic carbocycles. The maximum atomic E-state index is 14.8. The Morgan fingerprint density at radius 1 is 0.897 bits per heavy atom. The Hall–Kier alpha value is -1.12. The number of hydrogen-bond donors (Lipinski definition) is 0. The molecule has 5 aliphatic rings. The van der Waals surface area contributed by atoms with E-state index in [2.05, 4.69) is 26.0 Å². The van der Waals surface area contributed by atoms with Crippen LogP contribution < -0.4 is 0 Å². The van der Waals surface area contributed by atoms with Crippen LogP contribution in [0.5, 0.6) is 0 Å². The minimum atomic E-state index is -5.51. The van der Waals surface area contributed by atoms with Gasteiger partial charge in [-0.3, -0.25) is 0 Å². The summed E-state index contributed by atoms with van der Waals surface area (Å²) < 4.78 is 83.0. The average molecular weight is 571 g/mol. The molecule has 4 aliphatic carbocycles. The Morgan fingerprint density at radius 2 is 1.59 bits per heavy atom. The lowest BCUT2D eigenvalue weighted by molar-refractivity contribution is -0.312. The van der Waals surface area contributed by atoms with Gasteiger partial charge in [-0.2, -0.15) is 22.0 Å². The Bertz CT molecular complexity index is 1100. The number of halogens is 5. The monoisotopic (exact) mass is 570 g/mol. The molecule has 0 aromatic heterocycles. The second-order valence-corrected chi connectivity index (χ2v) is 14.3. The molecule has 1 heterocycles. The second-order valence-electron chi connectivity index (χ2n) is 13.4. The molecule has 1 saturated heterocycles. The maximum absolute atomic E-state index is 14.8. The van der Waals surface area contributed by atoms with Crippen LogP contribution in [0.25, 0.3) is 0 Å². The van der Waals surface area contributed by atoms with Crippen LogP contribution >= 0.6 is 11.8 Å². The van der Waals surface area contributed by atoms with Crippen molar-refractivity contribution < 1.29 is 31.4 Å². The van der Waals surface area contributed by atoms with Crippen molar-refractivity contribution in [2.24, 2.45) is 35.0 Å². The van der Waals surface area contributed by atoms with Gasteiger partial charge in [0.15, 0.2) is 5.79 Å². The zero-order valence-electron chi connectivity index (χ0n) is 23.0. The number of benzene rings is 1. The van der Waals surface area contributed by atoms with Gasteiger partial charge in [-0.15, -0.1) is 11.8 Å². The van der Waals surface area contributed by atoms with Crippen LogP contribution in [0.15, 0.2) is 40.3 Å². The molecular weight excluding hydrogens is 531 g/mol. The lowest BCUT2D eigenvalue weighted by Crippen LogP contribution is -2.51. The van der Waals surface area contributed by atoms with E-state index >= 15 is 0 Å². The number of allylic oxidation sites excluding steroid dienone is 2. The molecule has 0 N–H and O–H groups in total. The molecule has 39 heavy (non-hydrogen) atoms. The molecule has 4 fully saturated rings. The van der Waals surface area contributed by atoms with Gasteiger partial charge in [0.1, 0.15) is 0 Å². The molecule has 1 aromatic rings. The van der Waals surface area contributed by atoms with E-state index in [1.165, 1.54) is 11.1 Å². The molecule has 6 unspecified atom stereocenters. The number of fused-ring (bicyclic) bond motifs is 4. The first kappa shape index (κ1) is 28.0. The zero-order valence-corrected chi connectivity index (χ0v) is 23.8. The van der Waals surface area contributed by atoms with Crippen LogP contribution in [0.3, 0.4) is 0 Å². The standard InChI is InChI=1S/C31H39F5O2S/c1-28(2)16-37-29(38-17-28)13-12-21-19(15-29)6-9-23-22-10-11-26(30(32,33)31(34,35)36)25(22)14-24(27(21)23)18-4-7-20(39-3)8-5-18/h4-5,7-8,19,22-26H,6,9-17H2,1-3H3. The van der Waals surface area contributed by atoms with Crippen LogP contribution in [-0.2, 0) is 9.47 Å². The third-order valence-electron chi connectivity index (χ3n) is 10.5. The van der Waals surface area contributed by atoms with Crippen molar-refractivity contribution in [3.8, 4) is 0 Å². The van der Waals surface area contributed by atoms with E-state index < -0.39 is 29.7 Å². The van der Waals surface area contributed by atoms with Crippen molar-refractivity contribution in [1.82, 2.24) is 0 Å². The molecule has 6 atom stereocenters. The number of ether oxygens (including phenoxy) is 2. The highest BCUT2D eigenvalue weighted by atomic mass is 32.2. The van der Waals surface area contributed by atoms with Gasteiger partial charge in [-0.05, 0) is 86.1 Å². The SMILES string of the molecule is CSc1ccc(C2CC3C(CCC3C(F)(F)C(F)(F)F)C3CCC4CC5(CCC4=C23)OCC(C)(C)CO5)cc1. The Kier molecular flexibility index (Phi) is 6.99. The van der Waals surface area contributed by atoms with Crippen molar-refractivity contribution in [2.75, 3.05) is 19.5 Å². The van der Waals surface area contributed by atoms with Gasteiger partial charge in [0.25, 0.3) is 0 Å². The van der Waals surface area contributed by atoms with Gasteiger partial charge in [0, 0.05) is 35.0 Å². The normalized spacial score (nSPS) is 35.9. The smallest absolute Gasteiger partial charge is 0.349 e. The van der Waals surface area contributed by atoms with Crippen LogP contribution in [0.2, 0.25) is 0 Å². The third kappa shape index (κ3) is 4.78. The minimum Gasteiger partial charge on any atom is -0.349 e. The molecule has 216 valence electrons. The molecule has 3 saturated carbocycles. The van der Waals surface area contributed by atoms with Crippen LogP contribution in [0.4, 0.5) is 22.0 Å². The van der Waals surface area contributed by atoms with Crippen molar-refractivity contribution in [2.45, 2.75) is 93.9 Å². The summed E-state index contributed by atoms with van der Waals surface area (Å²) in [6.07, 6.45) is 1.44. The highest BCUT2D eigenvalue weighted by Gasteiger charge is 2.67. The Labute approximate surface area is 232 Å². The molecule has 0 bridgehead atoms. The fourth-order valence-corrected chi connectivity index (χ4v) is 9.04. The van der Waals surface area contributed by atoms with E-state index in [0.717, 1.165) is 42.6 Å². The van der Waals surface area contributed by atoms with Crippen molar-refractivity contribution in [3.63, 3.8) is 0 Å². The average Bonchev–Trinajstić information content (AvgIpc) is 3.34. The van der Waals surface area contributed by atoms with E-state index in [4.69, 9.17) is 9.47 Å². The lowest BCUT2D eigenvalue weighted by Gasteiger charge is -2.53. The summed E-state index contributed by atoms with van der Waals surface area (Å²) >= 11 is 1.64. The summed E-state index contributed by atoms with van der Waals surface area (Å²) in [4.78, 5) is 1.11. The molecule has 6 rings (SSSR count). The van der Waals surface area contributed by atoms with E-state index in [1.54, 1.807) is 11.8 Å². The summed E-state index contributed by atoms with van der Waals surface area (Å²) in [7, 11) is 0. The number of hydrogen-bond acceptors (Lipinski definition) is 3. The molecule has 1 aliphatic heterocycles. The van der Waals surface area contributed by atoms with E-state index in [-0.39, 0.29) is 29.6 Å². The van der Waals surface area contributed by atoms with E-state index in [9.17, 15) is 22.0 Å². The molecule has 8 heteroatoms. The first-order valence-corrected chi connectivity index (χ1v) is 15.7. The van der Waals surface area contributed by atoms with Gasteiger partial charge in [-0.25, -0.2) is 0 Å². The minimum absolute atomic E-state index is 0.00837. The quantitative estimate of drug-likeness (QED) is 0.205. The number of thioether (sulfide) groups is 1. The summed E-state index contributed by atoms with van der Waals surface area (Å²) in [5.74, 6) is -7.30. The van der Waals surface area contributed by atoms with Gasteiger partial charge in [0.2, 0.25) is 0 Å².